The normalized spacial score (nSPS) is 32.2. The van der Waals surface area contributed by atoms with Crippen molar-refractivity contribution in [2.24, 2.45) is 5.92 Å². The highest BCUT2D eigenvalue weighted by molar-refractivity contribution is 5.76. The van der Waals surface area contributed by atoms with E-state index in [0.717, 1.165) is 25.7 Å². The third-order valence-electron chi connectivity index (χ3n) is 4.54. The standard InChI is InChI=1S/C15H28N2O/c1-3-5-12(4-2)17-15(18)10-11-8-13-6-7-14(9-11)16-13/h11-14,16H,3-10H2,1-2H3,(H,17,18). The zero-order valence-corrected chi connectivity index (χ0v) is 11.9. The Labute approximate surface area is 111 Å². The highest BCUT2D eigenvalue weighted by atomic mass is 16.1. The number of carbonyl (C=O) groups excluding carboxylic acids is 1. The van der Waals surface area contributed by atoms with Crippen molar-refractivity contribution < 1.29 is 4.79 Å². The first-order chi connectivity index (χ1) is 8.71. The Hall–Kier alpha value is -0.570. The van der Waals surface area contributed by atoms with Crippen LogP contribution in [0.15, 0.2) is 0 Å². The van der Waals surface area contributed by atoms with Gasteiger partial charge in [0.2, 0.25) is 5.91 Å². The van der Waals surface area contributed by atoms with Gasteiger partial charge in [-0.25, -0.2) is 0 Å². The monoisotopic (exact) mass is 252 g/mol. The van der Waals surface area contributed by atoms with E-state index >= 15 is 0 Å². The molecule has 2 N–H and O–H groups in total. The number of carbonyl (C=O) groups is 1. The number of hydrogen-bond donors (Lipinski definition) is 2. The van der Waals surface area contributed by atoms with Crippen LogP contribution < -0.4 is 10.6 Å². The van der Waals surface area contributed by atoms with Gasteiger partial charge in [-0.3, -0.25) is 4.79 Å². The van der Waals surface area contributed by atoms with Crippen molar-refractivity contribution >= 4 is 5.91 Å². The lowest BCUT2D eigenvalue weighted by Crippen LogP contribution is -2.41. The number of hydrogen-bond acceptors (Lipinski definition) is 2. The molecule has 0 spiro atoms. The summed E-state index contributed by atoms with van der Waals surface area (Å²) in [6.45, 7) is 4.34. The summed E-state index contributed by atoms with van der Waals surface area (Å²) in [5, 5.41) is 6.84. The fourth-order valence-corrected chi connectivity index (χ4v) is 3.62. The molecule has 2 fully saturated rings. The summed E-state index contributed by atoms with van der Waals surface area (Å²) < 4.78 is 0. The maximum atomic E-state index is 12.1. The van der Waals surface area contributed by atoms with Gasteiger partial charge in [-0.2, -0.15) is 0 Å². The zero-order valence-electron chi connectivity index (χ0n) is 11.9. The number of nitrogens with one attached hydrogen (secondary N) is 2. The van der Waals surface area contributed by atoms with Crippen LogP contribution in [0, 0.1) is 5.92 Å². The first-order valence-corrected chi connectivity index (χ1v) is 7.76. The largest absolute Gasteiger partial charge is 0.353 e. The third-order valence-corrected chi connectivity index (χ3v) is 4.54. The number of rotatable bonds is 6. The predicted octanol–water partition coefficient (Wildman–Crippen LogP) is 2.60. The van der Waals surface area contributed by atoms with Gasteiger partial charge in [0.05, 0.1) is 0 Å². The molecule has 18 heavy (non-hydrogen) atoms. The summed E-state index contributed by atoms with van der Waals surface area (Å²) >= 11 is 0. The lowest BCUT2D eigenvalue weighted by molar-refractivity contribution is -0.123. The van der Waals surface area contributed by atoms with Gasteiger partial charge in [0.25, 0.3) is 0 Å². The molecule has 3 heteroatoms. The molecule has 0 aromatic carbocycles. The van der Waals surface area contributed by atoms with Crippen LogP contribution in [-0.2, 0) is 4.79 Å². The van der Waals surface area contributed by atoms with E-state index in [2.05, 4.69) is 24.5 Å². The molecule has 104 valence electrons. The van der Waals surface area contributed by atoms with Crippen LogP contribution in [-0.4, -0.2) is 24.0 Å². The summed E-state index contributed by atoms with van der Waals surface area (Å²) in [6, 6.07) is 1.78. The molecule has 2 heterocycles. The molecule has 2 rings (SSSR count). The lowest BCUT2D eigenvalue weighted by atomic mass is 9.89. The van der Waals surface area contributed by atoms with Gasteiger partial charge >= 0.3 is 0 Å². The minimum Gasteiger partial charge on any atom is -0.353 e. The summed E-state index contributed by atoms with van der Waals surface area (Å²) in [4.78, 5) is 12.1. The Balaban J connectivity index is 1.73. The molecule has 0 saturated carbocycles. The summed E-state index contributed by atoms with van der Waals surface area (Å²) in [7, 11) is 0. The van der Waals surface area contributed by atoms with E-state index in [4.69, 9.17) is 0 Å². The second-order valence-electron chi connectivity index (χ2n) is 6.14. The Kier molecular flexibility index (Phi) is 5.04. The first-order valence-electron chi connectivity index (χ1n) is 7.76. The van der Waals surface area contributed by atoms with E-state index in [9.17, 15) is 4.79 Å². The van der Waals surface area contributed by atoms with E-state index in [-0.39, 0.29) is 5.91 Å². The molecule has 0 aliphatic carbocycles. The third kappa shape index (κ3) is 3.71. The Bertz CT molecular complexity index is 268. The molecular weight excluding hydrogens is 224 g/mol. The van der Waals surface area contributed by atoms with Gasteiger partial charge in [-0.1, -0.05) is 20.3 Å². The van der Waals surface area contributed by atoms with E-state index in [1.807, 2.05) is 0 Å². The zero-order chi connectivity index (χ0) is 13.0. The summed E-state index contributed by atoms with van der Waals surface area (Å²) in [5.41, 5.74) is 0. The fraction of sp³-hybridized carbons (Fsp3) is 0.933. The Morgan fingerprint density at radius 2 is 1.94 bits per heavy atom. The predicted molar refractivity (Wildman–Crippen MR) is 74.4 cm³/mol. The van der Waals surface area contributed by atoms with Gasteiger partial charge in [0, 0.05) is 24.5 Å². The number of amides is 1. The first kappa shape index (κ1) is 13.9. The molecule has 2 bridgehead atoms. The van der Waals surface area contributed by atoms with Crippen LogP contribution in [0.2, 0.25) is 0 Å². The van der Waals surface area contributed by atoms with Gasteiger partial charge in [-0.15, -0.1) is 0 Å². The van der Waals surface area contributed by atoms with Crippen LogP contribution >= 0.6 is 0 Å². The molecule has 3 nitrogen and oxygen atoms in total. The van der Waals surface area contributed by atoms with Gasteiger partial charge in [0.15, 0.2) is 0 Å². The van der Waals surface area contributed by atoms with Crippen molar-refractivity contribution in [1.29, 1.82) is 0 Å². The molecule has 2 aliphatic rings. The quantitative estimate of drug-likeness (QED) is 0.763. The maximum Gasteiger partial charge on any atom is 0.220 e. The van der Waals surface area contributed by atoms with E-state index in [1.54, 1.807) is 0 Å². The fourth-order valence-electron chi connectivity index (χ4n) is 3.62. The molecule has 3 atom stereocenters. The Morgan fingerprint density at radius 3 is 2.50 bits per heavy atom. The summed E-state index contributed by atoms with van der Waals surface area (Å²) in [6.07, 6.45) is 9.09. The minimum absolute atomic E-state index is 0.279. The molecule has 1 amide bonds. The van der Waals surface area contributed by atoms with Crippen molar-refractivity contribution in [2.45, 2.75) is 83.3 Å². The van der Waals surface area contributed by atoms with E-state index in [0.29, 0.717) is 24.0 Å². The van der Waals surface area contributed by atoms with Crippen molar-refractivity contribution in [3.05, 3.63) is 0 Å². The summed E-state index contributed by atoms with van der Waals surface area (Å²) in [5.74, 6) is 0.893. The van der Waals surface area contributed by atoms with Crippen LogP contribution in [0.5, 0.6) is 0 Å². The van der Waals surface area contributed by atoms with E-state index in [1.165, 1.54) is 25.7 Å². The smallest absolute Gasteiger partial charge is 0.220 e. The molecule has 0 aromatic rings. The average Bonchev–Trinajstić information content (AvgIpc) is 2.68. The topological polar surface area (TPSA) is 41.1 Å². The lowest BCUT2D eigenvalue weighted by Gasteiger charge is -2.29. The Morgan fingerprint density at radius 1 is 1.28 bits per heavy atom. The minimum atomic E-state index is 0.279. The number of piperidine rings is 1. The van der Waals surface area contributed by atoms with Crippen LogP contribution in [0.25, 0.3) is 0 Å². The second kappa shape index (κ2) is 6.55. The highest BCUT2D eigenvalue weighted by Crippen LogP contribution is 2.32. The molecule has 2 saturated heterocycles. The molecule has 3 unspecified atom stereocenters. The van der Waals surface area contributed by atoms with Crippen molar-refractivity contribution in [1.82, 2.24) is 10.6 Å². The average molecular weight is 252 g/mol. The molecular formula is C15H28N2O. The van der Waals surface area contributed by atoms with Gasteiger partial charge in [-0.05, 0) is 44.4 Å². The van der Waals surface area contributed by atoms with Crippen LogP contribution in [0.3, 0.4) is 0 Å². The molecule has 2 aliphatic heterocycles. The van der Waals surface area contributed by atoms with Gasteiger partial charge in [0.1, 0.15) is 0 Å². The van der Waals surface area contributed by atoms with Crippen molar-refractivity contribution in [2.75, 3.05) is 0 Å². The van der Waals surface area contributed by atoms with Crippen LogP contribution in [0.4, 0.5) is 0 Å². The van der Waals surface area contributed by atoms with Crippen molar-refractivity contribution in [3.63, 3.8) is 0 Å². The maximum absolute atomic E-state index is 12.1. The second-order valence-corrected chi connectivity index (χ2v) is 6.14. The van der Waals surface area contributed by atoms with E-state index < -0.39 is 0 Å². The molecule has 0 radical (unpaired) electrons. The van der Waals surface area contributed by atoms with Crippen molar-refractivity contribution in [3.8, 4) is 0 Å². The molecule has 0 aromatic heterocycles. The van der Waals surface area contributed by atoms with Gasteiger partial charge < -0.3 is 10.6 Å². The highest BCUT2D eigenvalue weighted by Gasteiger charge is 2.34. The SMILES string of the molecule is CCCC(CC)NC(=O)CC1CC2CCC(C1)N2. The van der Waals surface area contributed by atoms with Crippen LogP contribution in [0.1, 0.15) is 65.2 Å². The number of fused-ring (bicyclic) bond motifs is 2.